The molecule has 4 rings (SSSR count). The smallest absolute Gasteiger partial charge is 0.490 e. The van der Waals surface area contributed by atoms with E-state index in [9.17, 15) is 31.2 Å². The van der Waals surface area contributed by atoms with Crippen molar-refractivity contribution >= 4 is 50.1 Å². The fourth-order valence-electron chi connectivity index (χ4n) is 3.67. The molecule has 0 saturated carbocycles. The number of aliphatic carboxylic acids is 1. The van der Waals surface area contributed by atoms with Crippen LogP contribution in [-0.4, -0.2) is 66.4 Å². The molecule has 0 unspecified atom stereocenters. The number of halogens is 3. The third kappa shape index (κ3) is 7.32. The molecular formula is C23H23F3N6O7S. The summed E-state index contributed by atoms with van der Waals surface area (Å²) in [5.41, 5.74) is 8.80. The van der Waals surface area contributed by atoms with Gasteiger partial charge in [0.25, 0.3) is 11.8 Å². The molecule has 17 heteroatoms. The number of pyridine rings is 2. The highest BCUT2D eigenvalue weighted by atomic mass is 32.2. The summed E-state index contributed by atoms with van der Waals surface area (Å²) >= 11 is 0. The number of benzene rings is 1. The molecule has 2 amide bonds. The van der Waals surface area contributed by atoms with E-state index in [1.54, 1.807) is 6.92 Å². The number of sulfonamides is 1. The van der Waals surface area contributed by atoms with Crippen LogP contribution in [0.5, 0.6) is 5.75 Å². The summed E-state index contributed by atoms with van der Waals surface area (Å²) in [6.07, 6.45) is -3.01. The minimum Gasteiger partial charge on any atom is -0.493 e. The summed E-state index contributed by atoms with van der Waals surface area (Å²) in [5, 5.41) is 18.3. The number of carbonyl (C=O) groups is 3. The van der Waals surface area contributed by atoms with E-state index in [1.807, 2.05) is 18.2 Å². The number of amides is 2. The highest BCUT2D eigenvalue weighted by Crippen LogP contribution is 2.36. The average molecular weight is 585 g/mol. The lowest BCUT2D eigenvalue weighted by atomic mass is 10.1. The second-order valence-electron chi connectivity index (χ2n) is 8.33. The van der Waals surface area contributed by atoms with Gasteiger partial charge in [0.2, 0.25) is 10.0 Å². The minimum atomic E-state index is -5.08. The van der Waals surface area contributed by atoms with E-state index >= 15 is 0 Å². The van der Waals surface area contributed by atoms with Crippen molar-refractivity contribution in [1.29, 1.82) is 0 Å². The van der Waals surface area contributed by atoms with Crippen molar-refractivity contribution in [2.24, 2.45) is 10.9 Å². The molecule has 1 aromatic carbocycles. The van der Waals surface area contributed by atoms with E-state index < -0.39 is 39.7 Å². The van der Waals surface area contributed by atoms with Gasteiger partial charge in [-0.05, 0) is 25.1 Å². The number of aryl methyl sites for hydroxylation is 1. The monoisotopic (exact) mass is 584 g/mol. The number of carboxylic acids is 1. The van der Waals surface area contributed by atoms with E-state index in [1.165, 1.54) is 12.3 Å². The molecular weight excluding hydrogens is 561 g/mol. The Balaban J connectivity index is 0.000000559. The van der Waals surface area contributed by atoms with Gasteiger partial charge in [0.1, 0.15) is 11.4 Å². The Hall–Kier alpha value is -4.51. The van der Waals surface area contributed by atoms with E-state index in [0.29, 0.717) is 35.3 Å². The summed E-state index contributed by atoms with van der Waals surface area (Å²) in [4.78, 5) is 42.3. The van der Waals surface area contributed by atoms with Crippen molar-refractivity contribution < 1.29 is 45.8 Å². The molecule has 0 atom stereocenters. The molecule has 3 heterocycles. The number of ether oxygens (including phenoxy) is 1. The van der Waals surface area contributed by atoms with Gasteiger partial charge in [-0.25, -0.2) is 23.3 Å². The zero-order valence-corrected chi connectivity index (χ0v) is 21.5. The number of rotatable bonds is 7. The topological polar surface area (TPSA) is 217 Å². The van der Waals surface area contributed by atoms with E-state index in [0.717, 1.165) is 17.0 Å². The van der Waals surface area contributed by atoms with Gasteiger partial charge < -0.3 is 26.2 Å². The number of nitrogens with zero attached hydrogens (tertiary/aromatic N) is 2. The van der Waals surface area contributed by atoms with Crippen LogP contribution < -0.4 is 26.2 Å². The molecule has 0 saturated heterocycles. The molecule has 0 radical (unpaired) electrons. The van der Waals surface area contributed by atoms with Crippen LogP contribution in [0, 0.1) is 6.92 Å². The molecule has 2 aromatic heterocycles. The number of carbonyl (C=O) groups excluding carboxylic acids is 2. The number of carboxylic acid groups (broad SMARTS) is 1. The summed E-state index contributed by atoms with van der Waals surface area (Å²) in [6, 6.07) is 7.04. The third-order valence-electron chi connectivity index (χ3n) is 5.44. The predicted octanol–water partition coefficient (Wildman–Crippen LogP) is 1.37. The van der Waals surface area contributed by atoms with Crippen LogP contribution in [0.2, 0.25) is 0 Å². The lowest BCUT2D eigenvalue weighted by molar-refractivity contribution is -0.192. The number of primary sulfonamides is 1. The average Bonchev–Trinajstić information content (AvgIpc) is 3.33. The molecule has 1 aliphatic rings. The highest BCUT2D eigenvalue weighted by molar-refractivity contribution is 7.89. The zero-order valence-electron chi connectivity index (χ0n) is 20.7. The number of nitrogens with two attached hydrogens (primary N) is 2. The summed E-state index contributed by atoms with van der Waals surface area (Å²) < 4.78 is 59.6. The predicted molar refractivity (Wildman–Crippen MR) is 136 cm³/mol. The summed E-state index contributed by atoms with van der Waals surface area (Å²) in [7, 11) is -3.72. The Morgan fingerprint density at radius 3 is 2.50 bits per heavy atom. The first-order valence-corrected chi connectivity index (χ1v) is 13.0. The van der Waals surface area contributed by atoms with Crippen molar-refractivity contribution in [3.8, 4) is 5.75 Å². The molecule has 0 fully saturated rings. The Morgan fingerprint density at radius 2 is 1.90 bits per heavy atom. The molecule has 40 heavy (non-hydrogen) atoms. The maximum absolute atomic E-state index is 12.6. The van der Waals surface area contributed by atoms with Gasteiger partial charge in [0, 0.05) is 35.8 Å². The summed E-state index contributed by atoms with van der Waals surface area (Å²) in [6.45, 7) is 2.06. The van der Waals surface area contributed by atoms with Crippen LogP contribution in [0.15, 0.2) is 30.5 Å². The SMILES string of the molecule is Cc1nc(C(=O)NCCS(N)(=O)=O)cc2c(Nc3cccc4c3CCO4)c(C(N)=O)cnc12.O=C(O)C(F)(F)F. The Bertz CT molecular complexity index is 1600. The van der Waals surface area contributed by atoms with E-state index in [-0.39, 0.29) is 17.8 Å². The molecule has 13 nitrogen and oxygen atoms in total. The Kier molecular flexibility index (Phi) is 8.79. The second-order valence-corrected chi connectivity index (χ2v) is 10.1. The van der Waals surface area contributed by atoms with Crippen molar-refractivity contribution in [2.75, 3.05) is 24.2 Å². The Labute approximate surface area is 224 Å². The van der Waals surface area contributed by atoms with Gasteiger partial charge in [-0.2, -0.15) is 13.2 Å². The number of hydrogen-bond acceptors (Lipinski definition) is 9. The van der Waals surface area contributed by atoms with Crippen molar-refractivity contribution in [1.82, 2.24) is 15.3 Å². The van der Waals surface area contributed by atoms with Gasteiger partial charge in [-0.15, -0.1) is 0 Å². The first-order valence-electron chi connectivity index (χ1n) is 11.3. The number of aromatic nitrogens is 2. The number of primary amides is 1. The van der Waals surface area contributed by atoms with E-state index in [2.05, 4.69) is 20.6 Å². The molecule has 214 valence electrons. The van der Waals surface area contributed by atoms with Crippen LogP contribution in [0.3, 0.4) is 0 Å². The molecule has 0 spiro atoms. The van der Waals surface area contributed by atoms with Crippen LogP contribution in [0.1, 0.15) is 32.1 Å². The lowest BCUT2D eigenvalue weighted by Gasteiger charge is -2.16. The second kappa shape index (κ2) is 11.7. The standard InChI is InChI=1S/C21H22N6O5S.C2HF3O2/c1-11-18-13(9-16(26-11)21(29)24-6-8-33(23,30)31)19(14(10-25-18)20(22)28)27-15-3-2-4-17-12(15)5-7-32-17;3-2(4,5)1(6)7/h2-4,9-10H,5-8H2,1H3,(H2,22,28)(H,24,29)(H,25,27)(H2,23,30,31);(H,6,7). The fourth-order valence-corrected chi connectivity index (χ4v) is 4.05. The normalized spacial score (nSPS) is 12.5. The number of alkyl halides is 3. The lowest BCUT2D eigenvalue weighted by Crippen LogP contribution is -2.32. The van der Waals surface area contributed by atoms with Gasteiger partial charge in [0.05, 0.1) is 34.8 Å². The van der Waals surface area contributed by atoms with E-state index in [4.69, 9.17) is 25.5 Å². The highest BCUT2D eigenvalue weighted by Gasteiger charge is 2.38. The zero-order chi connectivity index (χ0) is 29.8. The largest absolute Gasteiger partial charge is 0.493 e. The van der Waals surface area contributed by atoms with Gasteiger partial charge in [0.15, 0.2) is 0 Å². The number of anilines is 2. The number of nitrogens with one attached hydrogen (secondary N) is 2. The molecule has 3 aromatic rings. The first-order chi connectivity index (χ1) is 18.6. The first kappa shape index (κ1) is 30.0. The van der Waals surface area contributed by atoms with Crippen molar-refractivity contribution in [3.63, 3.8) is 0 Å². The number of fused-ring (bicyclic) bond motifs is 2. The Morgan fingerprint density at radius 1 is 1.23 bits per heavy atom. The third-order valence-corrected chi connectivity index (χ3v) is 6.22. The van der Waals surface area contributed by atoms with Crippen LogP contribution in [0.4, 0.5) is 24.5 Å². The van der Waals surface area contributed by atoms with Crippen molar-refractivity contribution in [2.45, 2.75) is 19.5 Å². The molecule has 0 bridgehead atoms. The van der Waals surface area contributed by atoms with Crippen molar-refractivity contribution in [3.05, 3.63) is 53.0 Å². The summed E-state index contributed by atoms with van der Waals surface area (Å²) in [5.74, 6) is -3.69. The van der Waals surface area contributed by atoms with Gasteiger partial charge >= 0.3 is 12.1 Å². The van der Waals surface area contributed by atoms with Crippen LogP contribution >= 0.6 is 0 Å². The molecule has 0 aliphatic carbocycles. The molecule has 1 aliphatic heterocycles. The fraction of sp³-hybridized carbons (Fsp3) is 0.261. The number of hydrogen-bond donors (Lipinski definition) is 5. The van der Waals surface area contributed by atoms with Gasteiger partial charge in [-0.1, -0.05) is 6.07 Å². The quantitative estimate of drug-likeness (QED) is 0.269. The molecule has 7 N–H and O–H groups in total. The maximum Gasteiger partial charge on any atom is 0.490 e. The van der Waals surface area contributed by atoms with Gasteiger partial charge in [-0.3, -0.25) is 14.6 Å². The maximum atomic E-state index is 12.6. The minimum absolute atomic E-state index is 0.0301. The van der Waals surface area contributed by atoms with Crippen LogP contribution in [0.25, 0.3) is 10.9 Å². The van der Waals surface area contributed by atoms with Crippen LogP contribution in [-0.2, 0) is 21.2 Å².